The van der Waals surface area contributed by atoms with Crippen molar-refractivity contribution in [2.75, 3.05) is 20.3 Å². The Bertz CT molecular complexity index is 981. The summed E-state index contributed by atoms with van der Waals surface area (Å²) < 4.78 is 52.0. The van der Waals surface area contributed by atoms with Crippen molar-refractivity contribution in [2.45, 2.75) is 37.2 Å². The van der Waals surface area contributed by atoms with E-state index in [-0.39, 0.29) is 47.7 Å². The van der Waals surface area contributed by atoms with Crippen molar-refractivity contribution in [1.29, 1.82) is 0 Å². The summed E-state index contributed by atoms with van der Waals surface area (Å²) in [7, 11) is 1.38. The summed E-state index contributed by atoms with van der Waals surface area (Å²) in [5, 5.41) is 13.1. The number of piperidine rings is 1. The minimum absolute atomic E-state index is 0.0411. The number of rotatable bonds is 3. The Labute approximate surface area is 172 Å². The van der Waals surface area contributed by atoms with E-state index < -0.39 is 41.9 Å². The van der Waals surface area contributed by atoms with Gasteiger partial charge in [-0.05, 0) is 0 Å². The number of halogens is 3. The van der Waals surface area contributed by atoms with Crippen molar-refractivity contribution in [3.8, 4) is 5.88 Å². The van der Waals surface area contributed by atoms with Crippen LogP contribution in [-0.2, 0) is 10.9 Å². The number of alkyl halides is 3. The molecule has 162 valence electrons. The number of morpholine rings is 1. The lowest BCUT2D eigenvalue weighted by Crippen LogP contribution is -2.60. The number of fused-ring (bicyclic) bond motifs is 3. The van der Waals surface area contributed by atoms with Crippen molar-refractivity contribution >= 4 is 33.6 Å². The molecule has 2 aliphatic heterocycles. The number of nitrogens with one attached hydrogen (secondary N) is 1. The molecule has 8 nitrogen and oxygen atoms in total. The molecule has 2 amide bonds. The van der Waals surface area contributed by atoms with E-state index in [0.717, 1.165) is 17.4 Å². The first-order valence-electron chi connectivity index (χ1n) is 9.16. The monoisotopic (exact) mass is 445 g/mol. The van der Waals surface area contributed by atoms with Gasteiger partial charge in [-0.2, -0.15) is 13.2 Å². The maximum Gasteiger partial charge on any atom is 0.418 e. The van der Waals surface area contributed by atoms with E-state index in [4.69, 9.17) is 9.47 Å². The van der Waals surface area contributed by atoms with Gasteiger partial charge in [0.2, 0.25) is 5.88 Å². The highest BCUT2D eigenvalue weighted by Gasteiger charge is 2.43. The van der Waals surface area contributed by atoms with Crippen LogP contribution in [0.5, 0.6) is 5.88 Å². The molecule has 2 aliphatic rings. The second kappa shape index (κ2) is 7.58. The van der Waals surface area contributed by atoms with Gasteiger partial charge in [0.1, 0.15) is 6.10 Å². The Morgan fingerprint density at radius 3 is 2.57 bits per heavy atom. The number of thiophene rings is 1. The maximum absolute atomic E-state index is 13.6. The minimum Gasteiger partial charge on any atom is -0.474 e. The SMILES string of the molecule is CNC(=O)c1csc2c(C(F)(F)F)cc(OC3C[C@H]4COC[C@@H](C3)N4C(=O)O)nc12. The number of carbonyl (C=O) groups is 2. The van der Waals surface area contributed by atoms with Gasteiger partial charge < -0.3 is 19.9 Å². The van der Waals surface area contributed by atoms with Gasteiger partial charge in [0.15, 0.2) is 0 Å². The van der Waals surface area contributed by atoms with Crippen LogP contribution >= 0.6 is 11.3 Å². The number of pyridine rings is 1. The quantitative estimate of drug-likeness (QED) is 0.754. The van der Waals surface area contributed by atoms with Crippen LogP contribution in [0.4, 0.5) is 18.0 Å². The number of amides is 2. The molecule has 0 radical (unpaired) electrons. The molecule has 2 aromatic rings. The summed E-state index contributed by atoms with van der Waals surface area (Å²) in [6.07, 6.45) is -5.68. The Morgan fingerprint density at radius 1 is 1.33 bits per heavy atom. The summed E-state index contributed by atoms with van der Waals surface area (Å²) in [5.74, 6) is -0.786. The van der Waals surface area contributed by atoms with E-state index in [9.17, 15) is 27.9 Å². The number of hydrogen-bond acceptors (Lipinski definition) is 6. The Balaban J connectivity index is 1.67. The maximum atomic E-state index is 13.6. The fourth-order valence-corrected chi connectivity index (χ4v) is 5.02. The number of carboxylic acid groups (broad SMARTS) is 1. The van der Waals surface area contributed by atoms with Crippen LogP contribution in [0, 0.1) is 0 Å². The average Bonchev–Trinajstić information content (AvgIpc) is 3.08. The van der Waals surface area contributed by atoms with Crippen molar-refractivity contribution in [2.24, 2.45) is 0 Å². The molecule has 1 unspecified atom stereocenters. The second-order valence-electron chi connectivity index (χ2n) is 7.16. The van der Waals surface area contributed by atoms with Crippen LogP contribution in [0.2, 0.25) is 0 Å². The smallest absolute Gasteiger partial charge is 0.418 e. The lowest BCUT2D eigenvalue weighted by atomic mass is 9.92. The number of ether oxygens (including phenoxy) is 2. The highest BCUT2D eigenvalue weighted by molar-refractivity contribution is 7.17. The van der Waals surface area contributed by atoms with Crippen LogP contribution in [0.15, 0.2) is 11.4 Å². The predicted molar refractivity (Wildman–Crippen MR) is 99.9 cm³/mol. The molecule has 2 bridgehead atoms. The van der Waals surface area contributed by atoms with E-state index in [2.05, 4.69) is 10.3 Å². The van der Waals surface area contributed by atoms with E-state index in [1.807, 2.05) is 0 Å². The molecular weight excluding hydrogens is 427 g/mol. The van der Waals surface area contributed by atoms with Crippen LogP contribution < -0.4 is 10.1 Å². The molecule has 4 rings (SSSR count). The fraction of sp³-hybridized carbons (Fsp3) is 0.500. The molecule has 0 aliphatic carbocycles. The summed E-state index contributed by atoms with van der Waals surface area (Å²) in [5.41, 5.74) is -0.954. The average molecular weight is 445 g/mol. The molecule has 2 fully saturated rings. The molecule has 2 aromatic heterocycles. The van der Waals surface area contributed by atoms with Crippen molar-refractivity contribution in [3.63, 3.8) is 0 Å². The lowest BCUT2D eigenvalue weighted by molar-refractivity contribution is -0.136. The normalized spacial score (nSPS) is 24.0. The van der Waals surface area contributed by atoms with Crippen LogP contribution in [0.25, 0.3) is 10.2 Å². The number of carbonyl (C=O) groups excluding carboxylic acids is 1. The molecule has 0 spiro atoms. The van der Waals surface area contributed by atoms with Gasteiger partial charge in [-0.1, -0.05) is 0 Å². The van der Waals surface area contributed by atoms with E-state index in [1.54, 1.807) is 0 Å². The first-order valence-corrected chi connectivity index (χ1v) is 10.0. The highest BCUT2D eigenvalue weighted by atomic mass is 32.1. The van der Waals surface area contributed by atoms with E-state index in [1.165, 1.54) is 17.3 Å². The highest BCUT2D eigenvalue weighted by Crippen LogP contribution is 2.41. The van der Waals surface area contributed by atoms with Gasteiger partial charge in [0.25, 0.3) is 5.91 Å². The first-order chi connectivity index (χ1) is 14.2. The largest absolute Gasteiger partial charge is 0.474 e. The molecule has 12 heteroatoms. The first kappa shape index (κ1) is 20.7. The third-order valence-corrected chi connectivity index (χ3v) is 6.26. The topological polar surface area (TPSA) is 101 Å². The second-order valence-corrected chi connectivity index (χ2v) is 8.04. The van der Waals surface area contributed by atoms with E-state index in [0.29, 0.717) is 0 Å². The zero-order valence-corrected chi connectivity index (χ0v) is 16.5. The summed E-state index contributed by atoms with van der Waals surface area (Å²) >= 11 is 0.796. The van der Waals surface area contributed by atoms with Crippen molar-refractivity contribution in [3.05, 3.63) is 22.6 Å². The predicted octanol–water partition coefficient (Wildman–Crippen LogP) is 2.96. The molecule has 3 atom stereocenters. The van der Waals surface area contributed by atoms with Crippen LogP contribution in [0.1, 0.15) is 28.8 Å². The third-order valence-electron chi connectivity index (χ3n) is 5.26. The van der Waals surface area contributed by atoms with Gasteiger partial charge in [-0.3, -0.25) is 9.69 Å². The standard InChI is InChI=1S/C18H18F3N3O5S/c1-22-16(25)11-7-30-15-12(18(19,20)21)4-13(23-14(11)15)29-10-2-8-5-28-6-9(3-10)24(8)17(26)27/h4,7-10H,2-3,5-6H2,1H3,(H,22,25)(H,26,27)/t8-,9+,10?. The third kappa shape index (κ3) is 3.65. The van der Waals surface area contributed by atoms with Gasteiger partial charge in [-0.15, -0.1) is 11.3 Å². The van der Waals surface area contributed by atoms with E-state index >= 15 is 0 Å². The van der Waals surface area contributed by atoms with Gasteiger partial charge in [-0.25, -0.2) is 9.78 Å². The molecule has 0 saturated carbocycles. The summed E-state index contributed by atoms with van der Waals surface area (Å²) in [4.78, 5) is 29.0. The Hall–Kier alpha value is -2.60. The number of hydrogen-bond donors (Lipinski definition) is 2. The molecule has 0 aromatic carbocycles. The molecule has 2 saturated heterocycles. The summed E-state index contributed by atoms with van der Waals surface area (Å²) in [6, 6.07) is -0.0377. The van der Waals surface area contributed by atoms with Crippen molar-refractivity contribution in [1.82, 2.24) is 15.2 Å². The van der Waals surface area contributed by atoms with Crippen molar-refractivity contribution < 1.29 is 37.3 Å². The molecule has 2 N–H and O–H groups in total. The minimum atomic E-state index is -4.65. The van der Waals surface area contributed by atoms with Crippen LogP contribution in [-0.4, -0.2) is 65.4 Å². The summed E-state index contributed by atoms with van der Waals surface area (Å²) in [6.45, 7) is 0.405. The Kier molecular flexibility index (Phi) is 5.22. The van der Waals surface area contributed by atoms with Gasteiger partial charge in [0.05, 0.1) is 46.6 Å². The number of aromatic nitrogens is 1. The van der Waals surface area contributed by atoms with Gasteiger partial charge >= 0.3 is 12.3 Å². The lowest BCUT2D eigenvalue weighted by Gasteiger charge is -2.46. The molecular formula is C18H18F3N3O5S. The zero-order chi connectivity index (χ0) is 21.6. The fourth-order valence-electron chi connectivity index (χ4n) is 4.00. The van der Waals surface area contributed by atoms with Crippen LogP contribution in [0.3, 0.4) is 0 Å². The Morgan fingerprint density at radius 2 is 2.00 bits per heavy atom. The number of nitrogens with zero attached hydrogens (tertiary/aromatic N) is 2. The molecule has 4 heterocycles. The zero-order valence-electron chi connectivity index (χ0n) is 15.7. The molecule has 30 heavy (non-hydrogen) atoms. The van der Waals surface area contributed by atoms with Gasteiger partial charge in [0, 0.05) is 31.3 Å².